The van der Waals surface area contributed by atoms with Crippen molar-refractivity contribution in [2.24, 2.45) is 0 Å². The second-order valence-electron chi connectivity index (χ2n) is 6.51. The summed E-state index contributed by atoms with van der Waals surface area (Å²) in [6.45, 7) is 6.02. The van der Waals surface area contributed by atoms with E-state index >= 15 is 0 Å². The fourth-order valence-corrected chi connectivity index (χ4v) is 3.46. The number of carbonyl (C=O) groups is 1. The number of hydrogen-bond donors (Lipinski definition) is 0. The highest BCUT2D eigenvalue weighted by Crippen LogP contribution is 2.30. The molecule has 1 unspecified atom stereocenters. The van der Waals surface area contributed by atoms with Crippen LogP contribution in [0.25, 0.3) is 0 Å². The molecule has 1 fully saturated rings. The van der Waals surface area contributed by atoms with Gasteiger partial charge in [-0.1, -0.05) is 29.8 Å². The Labute approximate surface area is 138 Å². The van der Waals surface area contributed by atoms with Gasteiger partial charge < -0.3 is 4.90 Å². The summed E-state index contributed by atoms with van der Waals surface area (Å²) in [6.07, 6.45) is 4.13. The van der Waals surface area contributed by atoms with Crippen molar-refractivity contribution in [2.75, 3.05) is 13.1 Å². The van der Waals surface area contributed by atoms with Crippen LogP contribution in [0.5, 0.6) is 0 Å². The van der Waals surface area contributed by atoms with Crippen LogP contribution in [0.4, 0.5) is 0 Å². The average Bonchev–Trinajstić information content (AvgIpc) is 3.03. The van der Waals surface area contributed by atoms with E-state index in [0.717, 1.165) is 31.6 Å². The standard InChI is InChI=1S/C20H24N2O/c1-15-6-8-19(16(2)13-15)17-10-12-22(14-17)20(23)9-7-18-5-3-4-11-21-18/h3-6,8,11,13,17H,7,9-10,12,14H2,1-2H3. The zero-order chi connectivity index (χ0) is 16.2. The molecule has 120 valence electrons. The third-order valence-electron chi connectivity index (χ3n) is 4.73. The number of amides is 1. The number of pyridine rings is 1. The van der Waals surface area contributed by atoms with Gasteiger partial charge in [-0.15, -0.1) is 0 Å². The molecule has 2 aromatic rings. The molecule has 23 heavy (non-hydrogen) atoms. The van der Waals surface area contributed by atoms with E-state index in [1.165, 1.54) is 16.7 Å². The molecule has 0 radical (unpaired) electrons. The molecule has 0 bridgehead atoms. The number of hydrogen-bond acceptors (Lipinski definition) is 2. The van der Waals surface area contributed by atoms with Gasteiger partial charge in [-0.3, -0.25) is 9.78 Å². The highest BCUT2D eigenvalue weighted by atomic mass is 16.2. The monoisotopic (exact) mass is 308 g/mol. The van der Waals surface area contributed by atoms with E-state index in [1.54, 1.807) is 6.20 Å². The van der Waals surface area contributed by atoms with Crippen molar-refractivity contribution in [3.05, 3.63) is 65.0 Å². The molecule has 3 rings (SSSR count). The molecule has 1 amide bonds. The zero-order valence-electron chi connectivity index (χ0n) is 14.0. The summed E-state index contributed by atoms with van der Waals surface area (Å²) in [4.78, 5) is 18.7. The highest BCUT2D eigenvalue weighted by Gasteiger charge is 2.27. The van der Waals surface area contributed by atoms with E-state index in [1.807, 2.05) is 23.1 Å². The fourth-order valence-electron chi connectivity index (χ4n) is 3.46. The molecule has 3 nitrogen and oxygen atoms in total. The molecule has 3 heteroatoms. The summed E-state index contributed by atoms with van der Waals surface area (Å²) in [7, 11) is 0. The first-order chi connectivity index (χ1) is 11.1. The SMILES string of the molecule is Cc1ccc(C2CCN(C(=O)CCc3ccccn3)C2)c(C)c1. The van der Waals surface area contributed by atoms with Gasteiger partial charge in [0.25, 0.3) is 0 Å². The zero-order valence-corrected chi connectivity index (χ0v) is 14.0. The van der Waals surface area contributed by atoms with Gasteiger partial charge in [-0.2, -0.15) is 0 Å². The Morgan fingerprint density at radius 2 is 2.13 bits per heavy atom. The molecule has 1 aromatic carbocycles. The Morgan fingerprint density at radius 1 is 1.26 bits per heavy atom. The van der Waals surface area contributed by atoms with Crippen molar-refractivity contribution in [3.8, 4) is 0 Å². The van der Waals surface area contributed by atoms with Crippen LogP contribution >= 0.6 is 0 Å². The normalized spacial score (nSPS) is 17.5. The summed E-state index contributed by atoms with van der Waals surface area (Å²) < 4.78 is 0. The first kappa shape index (κ1) is 15.7. The van der Waals surface area contributed by atoms with Crippen LogP contribution in [0.3, 0.4) is 0 Å². The molecule has 1 aliphatic heterocycles. The molecular weight excluding hydrogens is 284 g/mol. The number of benzene rings is 1. The molecule has 0 aliphatic carbocycles. The van der Waals surface area contributed by atoms with E-state index in [9.17, 15) is 4.79 Å². The minimum Gasteiger partial charge on any atom is -0.342 e. The first-order valence-corrected chi connectivity index (χ1v) is 8.38. The maximum absolute atomic E-state index is 12.4. The highest BCUT2D eigenvalue weighted by molar-refractivity contribution is 5.76. The summed E-state index contributed by atoms with van der Waals surface area (Å²) in [5.74, 6) is 0.734. The molecular formula is C20H24N2O. The van der Waals surface area contributed by atoms with Crippen LogP contribution in [0.2, 0.25) is 0 Å². The summed E-state index contributed by atoms with van der Waals surface area (Å²) >= 11 is 0. The van der Waals surface area contributed by atoms with Crippen molar-refractivity contribution in [1.82, 2.24) is 9.88 Å². The second-order valence-corrected chi connectivity index (χ2v) is 6.51. The van der Waals surface area contributed by atoms with E-state index < -0.39 is 0 Å². The Morgan fingerprint density at radius 3 is 2.87 bits per heavy atom. The predicted octanol–water partition coefficient (Wildman–Crippen LogP) is 3.65. The van der Waals surface area contributed by atoms with Gasteiger partial charge in [0.05, 0.1) is 0 Å². The summed E-state index contributed by atoms with van der Waals surface area (Å²) in [5.41, 5.74) is 5.03. The lowest BCUT2D eigenvalue weighted by atomic mass is 9.93. The van der Waals surface area contributed by atoms with Gasteiger partial charge in [0.2, 0.25) is 5.91 Å². The minimum atomic E-state index is 0.253. The number of carbonyl (C=O) groups excluding carboxylic acids is 1. The second kappa shape index (κ2) is 6.95. The predicted molar refractivity (Wildman–Crippen MR) is 92.4 cm³/mol. The Bertz CT molecular complexity index is 681. The lowest BCUT2D eigenvalue weighted by Gasteiger charge is -2.18. The first-order valence-electron chi connectivity index (χ1n) is 8.38. The van der Waals surface area contributed by atoms with Gasteiger partial charge in [-0.05, 0) is 49.9 Å². The Kier molecular flexibility index (Phi) is 4.75. The van der Waals surface area contributed by atoms with Crippen LogP contribution in [0.1, 0.15) is 41.1 Å². The molecule has 1 atom stereocenters. The quantitative estimate of drug-likeness (QED) is 0.864. The van der Waals surface area contributed by atoms with Crippen molar-refractivity contribution >= 4 is 5.91 Å². The fraction of sp³-hybridized carbons (Fsp3) is 0.400. The lowest BCUT2D eigenvalue weighted by Crippen LogP contribution is -2.28. The van der Waals surface area contributed by atoms with E-state index in [4.69, 9.17) is 0 Å². The van der Waals surface area contributed by atoms with E-state index in [-0.39, 0.29) is 5.91 Å². The molecule has 0 spiro atoms. The van der Waals surface area contributed by atoms with Gasteiger partial charge in [0, 0.05) is 37.3 Å². The van der Waals surface area contributed by atoms with Gasteiger partial charge >= 0.3 is 0 Å². The third kappa shape index (κ3) is 3.79. The summed E-state index contributed by atoms with van der Waals surface area (Å²) in [6, 6.07) is 12.5. The number of rotatable bonds is 4. The number of nitrogens with zero attached hydrogens (tertiary/aromatic N) is 2. The minimum absolute atomic E-state index is 0.253. The van der Waals surface area contributed by atoms with Gasteiger partial charge in [0.15, 0.2) is 0 Å². The van der Waals surface area contributed by atoms with Crippen LogP contribution in [-0.2, 0) is 11.2 Å². The van der Waals surface area contributed by atoms with Gasteiger partial charge in [-0.25, -0.2) is 0 Å². The van der Waals surface area contributed by atoms with Crippen molar-refractivity contribution in [2.45, 2.75) is 39.0 Å². The third-order valence-corrected chi connectivity index (χ3v) is 4.73. The van der Waals surface area contributed by atoms with Crippen molar-refractivity contribution in [3.63, 3.8) is 0 Å². The molecule has 0 saturated carbocycles. The van der Waals surface area contributed by atoms with Crippen LogP contribution in [0, 0.1) is 13.8 Å². The Hall–Kier alpha value is -2.16. The molecule has 0 N–H and O–H groups in total. The van der Waals surface area contributed by atoms with Crippen LogP contribution in [0.15, 0.2) is 42.6 Å². The van der Waals surface area contributed by atoms with E-state index in [0.29, 0.717) is 12.3 Å². The maximum Gasteiger partial charge on any atom is 0.222 e. The number of aryl methyl sites for hydroxylation is 3. The number of likely N-dealkylation sites (tertiary alicyclic amines) is 1. The molecule has 1 saturated heterocycles. The molecule has 2 heterocycles. The Balaban J connectivity index is 1.57. The van der Waals surface area contributed by atoms with Crippen molar-refractivity contribution < 1.29 is 4.79 Å². The average molecular weight is 308 g/mol. The maximum atomic E-state index is 12.4. The summed E-state index contributed by atoms with van der Waals surface area (Å²) in [5, 5.41) is 0. The molecule has 1 aliphatic rings. The van der Waals surface area contributed by atoms with Crippen LogP contribution < -0.4 is 0 Å². The largest absolute Gasteiger partial charge is 0.342 e. The topological polar surface area (TPSA) is 33.2 Å². The van der Waals surface area contributed by atoms with Gasteiger partial charge in [0.1, 0.15) is 0 Å². The molecule has 1 aromatic heterocycles. The lowest BCUT2D eigenvalue weighted by molar-refractivity contribution is -0.130. The van der Waals surface area contributed by atoms with E-state index in [2.05, 4.69) is 37.0 Å². The number of aromatic nitrogens is 1. The smallest absolute Gasteiger partial charge is 0.222 e. The van der Waals surface area contributed by atoms with Crippen LogP contribution in [-0.4, -0.2) is 28.9 Å². The van der Waals surface area contributed by atoms with Crippen molar-refractivity contribution in [1.29, 1.82) is 0 Å².